The Balaban J connectivity index is 2.16. The van der Waals surface area contributed by atoms with Gasteiger partial charge in [0.25, 0.3) is 0 Å². The molecule has 21 heavy (non-hydrogen) atoms. The van der Waals surface area contributed by atoms with Gasteiger partial charge in [-0.15, -0.1) is 0 Å². The summed E-state index contributed by atoms with van der Waals surface area (Å²) >= 11 is 8.21. The summed E-state index contributed by atoms with van der Waals surface area (Å²) < 4.78 is 0.964. The summed E-state index contributed by atoms with van der Waals surface area (Å²) in [5.41, 5.74) is 0.490. The average Bonchev–Trinajstić information content (AvgIpc) is 2.41. The molecule has 0 aromatic heterocycles. The molecule has 2 amide bonds. The lowest BCUT2D eigenvalue weighted by Gasteiger charge is -2.37. The number of aliphatic carboxylic acids is 1. The number of rotatable bonds is 2. The van der Waals surface area contributed by atoms with Gasteiger partial charge in [0.2, 0.25) is 0 Å². The Hall–Kier alpha value is -1.02. The normalized spacial score (nSPS) is 22.0. The van der Waals surface area contributed by atoms with Gasteiger partial charge in [0.15, 0.2) is 0 Å². The summed E-state index contributed by atoms with van der Waals surface area (Å²) in [6.07, 6.45) is 1.61. The van der Waals surface area contributed by atoms with E-state index in [1.807, 2.05) is 13.0 Å². The Kier molecular flexibility index (Phi) is 5.32. The van der Waals surface area contributed by atoms with Crippen LogP contribution in [0.1, 0.15) is 19.8 Å². The van der Waals surface area contributed by atoms with E-state index in [9.17, 15) is 14.7 Å². The molecule has 2 atom stereocenters. The molecule has 0 saturated carbocycles. The molecule has 1 fully saturated rings. The largest absolute Gasteiger partial charge is 0.480 e. The zero-order chi connectivity index (χ0) is 15.6. The average molecular weight is 423 g/mol. The van der Waals surface area contributed by atoms with Crippen LogP contribution in [0.25, 0.3) is 0 Å². The second-order valence-corrected chi connectivity index (χ2v) is 6.80. The zero-order valence-corrected chi connectivity index (χ0v) is 14.4. The van der Waals surface area contributed by atoms with Gasteiger partial charge in [-0.3, -0.25) is 0 Å². The number of hydrogen-bond donors (Lipinski definition) is 2. The lowest BCUT2D eigenvalue weighted by molar-refractivity contribution is -0.145. The van der Waals surface area contributed by atoms with Gasteiger partial charge in [-0.1, -0.05) is 18.5 Å². The molecule has 0 aliphatic carbocycles. The Labute approximate surface area is 141 Å². The molecule has 0 radical (unpaired) electrons. The zero-order valence-electron chi connectivity index (χ0n) is 11.5. The standard InChI is InChI=1S/C14H16ClIN2O3/c1-8-3-2-6-18(12(8)13(19)20)14(21)17-11-5-4-9(16)7-10(11)15/h4-5,7-8,12H,2-3,6H2,1H3,(H,17,21)(H,19,20). The van der Waals surface area contributed by atoms with Gasteiger partial charge < -0.3 is 15.3 Å². The van der Waals surface area contributed by atoms with Crippen LogP contribution in [0.2, 0.25) is 5.02 Å². The molecule has 7 heteroatoms. The third kappa shape index (κ3) is 3.79. The maximum absolute atomic E-state index is 12.4. The molecule has 1 aromatic rings. The highest BCUT2D eigenvalue weighted by Gasteiger charge is 2.37. The van der Waals surface area contributed by atoms with E-state index in [4.69, 9.17) is 11.6 Å². The lowest BCUT2D eigenvalue weighted by Crippen LogP contribution is -2.53. The molecule has 1 heterocycles. The van der Waals surface area contributed by atoms with Crippen LogP contribution in [0.5, 0.6) is 0 Å². The van der Waals surface area contributed by atoms with Crippen LogP contribution < -0.4 is 5.32 Å². The number of urea groups is 1. The number of anilines is 1. The fourth-order valence-corrected chi connectivity index (χ4v) is 3.47. The number of carboxylic acids is 1. The molecule has 2 rings (SSSR count). The molecule has 1 saturated heterocycles. The van der Waals surface area contributed by atoms with Crippen molar-refractivity contribution in [3.63, 3.8) is 0 Å². The minimum atomic E-state index is -0.967. The first-order valence-electron chi connectivity index (χ1n) is 6.65. The Morgan fingerprint density at radius 2 is 2.19 bits per heavy atom. The first kappa shape index (κ1) is 16.4. The second kappa shape index (κ2) is 6.83. The smallest absolute Gasteiger partial charge is 0.326 e. The summed E-state index contributed by atoms with van der Waals surface area (Å²) in [6.45, 7) is 2.30. The molecule has 1 aromatic carbocycles. The van der Waals surface area contributed by atoms with Crippen molar-refractivity contribution in [3.05, 3.63) is 26.8 Å². The number of carbonyl (C=O) groups excluding carboxylic acids is 1. The first-order valence-corrected chi connectivity index (χ1v) is 8.11. The highest BCUT2D eigenvalue weighted by atomic mass is 127. The summed E-state index contributed by atoms with van der Waals surface area (Å²) in [4.78, 5) is 25.1. The third-order valence-electron chi connectivity index (χ3n) is 3.62. The minimum absolute atomic E-state index is 0.0609. The Morgan fingerprint density at radius 1 is 1.48 bits per heavy atom. The minimum Gasteiger partial charge on any atom is -0.480 e. The van der Waals surface area contributed by atoms with Crippen LogP contribution in [0.4, 0.5) is 10.5 Å². The van der Waals surface area contributed by atoms with E-state index in [2.05, 4.69) is 27.9 Å². The Bertz CT molecular complexity index is 567. The number of likely N-dealkylation sites (tertiary alicyclic amines) is 1. The van der Waals surface area contributed by atoms with Crippen molar-refractivity contribution in [3.8, 4) is 0 Å². The van der Waals surface area contributed by atoms with Gasteiger partial charge in [0.05, 0.1) is 10.7 Å². The number of amides is 2. The highest BCUT2D eigenvalue weighted by Crippen LogP contribution is 2.27. The van der Waals surface area contributed by atoms with E-state index >= 15 is 0 Å². The van der Waals surface area contributed by atoms with Crippen LogP contribution in [-0.2, 0) is 4.79 Å². The van der Waals surface area contributed by atoms with Crippen molar-refractivity contribution in [2.75, 3.05) is 11.9 Å². The number of benzene rings is 1. The summed E-state index contributed by atoms with van der Waals surface area (Å²) in [5, 5.41) is 12.5. The Morgan fingerprint density at radius 3 is 2.81 bits per heavy atom. The van der Waals surface area contributed by atoms with Gasteiger partial charge in [0.1, 0.15) is 6.04 Å². The second-order valence-electron chi connectivity index (χ2n) is 5.15. The van der Waals surface area contributed by atoms with Crippen LogP contribution in [0.3, 0.4) is 0 Å². The van der Waals surface area contributed by atoms with Gasteiger partial charge in [0, 0.05) is 10.1 Å². The molecule has 2 N–H and O–H groups in total. The molecular weight excluding hydrogens is 407 g/mol. The molecule has 1 aliphatic rings. The van der Waals surface area contributed by atoms with Crippen LogP contribution in [-0.4, -0.2) is 34.6 Å². The van der Waals surface area contributed by atoms with E-state index in [0.29, 0.717) is 17.3 Å². The van der Waals surface area contributed by atoms with Gasteiger partial charge >= 0.3 is 12.0 Å². The van der Waals surface area contributed by atoms with E-state index in [0.717, 1.165) is 16.4 Å². The number of hydrogen-bond acceptors (Lipinski definition) is 2. The number of piperidine rings is 1. The topological polar surface area (TPSA) is 69.6 Å². The predicted octanol–water partition coefficient (Wildman–Crippen LogP) is 3.66. The summed E-state index contributed by atoms with van der Waals surface area (Å²) in [6, 6.07) is 4.07. The molecule has 5 nitrogen and oxygen atoms in total. The van der Waals surface area contributed by atoms with Crippen LogP contribution in [0, 0.1) is 9.49 Å². The van der Waals surface area contributed by atoms with Gasteiger partial charge in [-0.25, -0.2) is 9.59 Å². The molecule has 1 aliphatic heterocycles. The van der Waals surface area contributed by atoms with Gasteiger partial charge in [-0.05, 0) is 59.5 Å². The SMILES string of the molecule is CC1CCCN(C(=O)Nc2ccc(I)cc2Cl)C1C(=O)O. The third-order valence-corrected chi connectivity index (χ3v) is 4.60. The fraction of sp³-hybridized carbons (Fsp3) is 0.429. The van der Waals surface area contributed by atoms with E-state index in [1.54, 1.807) is 12.1 Å². The van der Waals surface area contributed by atoms with E-state index < -0.39 is 18.0 Å². The maximum atomic E-state index is 12.4. The highest BCUT2D eigenvalue weighted by molar-refractivity contribution is 14.1. The number of nitrogens with one attached hydrogen (secondary N) is 1. The van der Waals surface area contributed by atoms with Crippen LogP contribution in [0.15, 0.2) is 18.2 Å². The van der Waals surface area contributed by atoms with Crippen molar-refractivity contribution in [1.29, 1.82) is 0 Å². The molecular formula is C14H16ClIN2O3. The van der Waals surface area contributed by atoms with E-state index in [1.165, 1.54) is 4.90 Å². The van der Waals surface area contributed by atoms with Crippen molar-refractivity contribution < 1.29 is 14.7 Å². The van der Waals surface area contributed by atoms with Crippen molar-refractivity contribution in [1.82, 2.24) is 4.90 Å². The van der Waals surface area contributed by atoms with Crippen molar-refractivity contribution >= 4 is 51.9 Å². The summed E-state index contributed by atoms with van der Waals surface area (Å²) in [5.74, 6) is -1.03. The lowest BCUT2D eigenvalue weighted by atomic mass is 9.91. The molecule has 0 spiro atoms. The first-order chi connectivity index (χ1) is 9.90. The number of nitrogens with zero attached hydrogens (tertiary/aromatic N) is 1. The van der Waals surface area contributed by atoms with Crippen molar-refractivity contribution in [2.24, 2.45) is 5.92 Å². The molecule has 114 valence electrons. The summed E-state index contributed by atoms with van der Waals surface area (Å²) in [7, 11) is 0. The van der Waals surface area contributed by atoms with Crippen molar-refractivity contribution in [2.45, 2.75) is 25.8 Å². The number of carbonyl (C=O) groups is 2. The fourth-order valence-electron chi connectivity index (χ4n) is 2.57. The number of halogens is 2. The quantitative estimate of drug-likeness (QED) is 0.715. The van der Waals surface area contributed by atoms with Crippen LogP contribution >= 0.6 is 34.2 Å². The molecule has 0 bridgehead atoms. The predicted molar refractivity (Wildman–Crippen MR) is 89.7 cm³/mol. The number of carboxylic acid groups (broad SMARTS) is 1. The molecule has 2 unspecified atom stereocenters. The van der Waals surface area contributed by atoms with E-state index in [-0.39, 0.29) is 5.92 Å². The maximum Gasteiger partial charge on any atom is 0.326 e. The monoisotopic (exact) mass is 422 g/mol. The van der Waals surface area contributed by atoms with Gasteiger partial charge in [-0.2, -0.15) is 0 Å².